The zero-order chi connectivity index (χ0) is 18.3. The number of amides is 1. The van der Waals surface area contributed by atoms with Crippen molar-refractivity contribution in [2.24, 2.45) is 5.41 Å². The lowest BCUT2D eigenvalue weighted by Crippen LogP contribution is -2.41. The summed E-state index contributed by atoms with van der Waals surface area (Å²) in [5.74, 6) is 0.415. The molecule has 5 rings (SSSR count). The Morgan fingerprint density at radius 2 is 1.89 bits per heavy atom. The number of anilines is 1. The van der Waals surface area contributed by atoms with E-state index in [9.17, 15) is 4.79 Å². The highest BCUT2D eigenvalue weighted by atomic mass is 16.4. The lowest BCUT2D eigenvalue weighted by molar-refractivity contribution is -0.130. The van der Waals surface area contributed by atoms with E-state index < -0.39 is 0 Å². The number of hydrogen-bond donors (Lipinski definition) is 1. The Bertz CT molecular complexity index is 985. The van der Waals surface area contributed by atoms with Crippen LogP contribution in [0.25, 0.3) is 22.4 Å². The summed E-state index contributed by atoms with van der Waals surface area (Å²) >= 11 is 0. The van der Waals surface area contributed by atoms with Crippen molar-refractivity contribution in [2.75, 3.05) is 25.0 Å². The number of nitrogens with one attached hydrogen (secondary N) is 1. The summed E-state index contributed by atoms with van der Waals surface area (Å²) in [5.41, 5.74) is 1.18. The number of likely N-dealkylation sites (tertiary alicyclic amines) is 1. The second kappa shape index (κ2) is 6.33. The standard InChI is InChI=1S/C20H21N5O2/c26-17(25-9-7-20(5-6-20)8-10-25)13-22-19-24-23-18(27-19)16-11-14-3-1-2-4-15(14)12-21-16/h1-4,11-12H,5-10,13H2,(H,22,24). The Labute approximate surface area is 156 Å². The van der Waals surface area contributed by atoms with Crippen molar-refractivity contribution in [1.29, 1.82) is 0 Å². The second-order valence-electron chi connectivity index (χ2n) is 7.56. The number of hydrogen-bond acceptors (Lipinski definition) is 6. The molecule has 1 N–H and O–H groups in total. The van der Waals surface area contributed by atoms with E-state index in [1.165, 1.54) is 12.8 Å². The number of carbonyl (C=O) groups excluding carboxylic acids is 1. The second-order valence-corrected chi connectivity index (χ2v) is 7.56. The van der Waals surface area contributed by atoms with Crippen molar-refractivity contribution in [3.05, 3.63) is 36.5 Å². The van der Waals surface area contributed by atoms with Gasteiger partial charge in [0.1, 0.15) is 5.69 Å². The van der Waals surface area contributed by atoms with E-state index in [4.69, 9.17) is 4.42 Å². The minimum Gasteiger partial charge on any atom is -0.402 e. The third-order valence-corrected chi connectivity index (χ3v) is 5.80. The molecule has 1 amide bonds. The highest BCUT2D eigenvalue weighted by Crippen LogP contribution is 2.53. The van der Waals surface area contributed by atoms with Crippen molar-refractivity contribution in [2.45, 2.75) is 25.7 Å². The summed E-state index contributed by atoms with van der Waals surface area (Å²) < 4.78 is 5.63. The molecule has 1 saturated carbocycles. The summed E-state index contributed by atoms with van der Waals surface area (Å²) in [5, 5.41) is 13.1. The van der Waals surface area contributed by atoms with E-state index in [2.05, 4.69) is 20.5 Å². The predicted molar refractivity (Wildman–Crippen MR) is 101 cm³/mol. The molecule has 1 saturated heterocycles. The Kier molecular flexibility index (Phi) is 3.81. The fourth-order valence-electron chi connectivity index (χ4n) is 3.77. The molecule has 1 aliphatic carbocycles. The van der Waals surface area contributed by atoms with Crippen LogP contribution < -0.4 is 5.32 Å². The summed E-state index contributed by atoms with van der Waals surface area (Å²) in [6.07, 6.45) is 6.73. The van der Waals surface area contributed by atoms with E-state index >= 15 is 0 Å². The first-order chi connectivity index (χ1) is 13.2. The van der Waals surface area contributed by atoms with Gasteiger partial charge in [0, 0.05) is 24.7 Å². The van der Waals surface area contributed by atoms with Crippen LogP contribution in [0.3, 0.4) is 0 Å². The molecule has 27 heavy (non-hydrogen) atoms. The van der Waals surface area contributed by atoms with E-state index in [-0.39, 0.29) is 18.5 Å². The first-order valence-corrected chi connectivity index (χ1v) is 9.41. The van der Waals surface area contributed by atoms with Gasteiger partial charge in [0.15, 0.2) is 0 Å². The van der Waals surface area contributed by atoms with Gasteiger partial charge < -0.3 is 14.6 Å². The van der Waals surface area contributed by atoms with Gasteiger partial charge in [-0.25, -0.2) is 0 Å². The van der Waals surface area contributed by atoms with Crippen molar-refractivity contribution < 1.29 is 9.21 Å². The summed E-state index contributed by atoms with van der Waals surface area (Å²) in [4.78, 5) is 18.7. The zero-order valence-electron chi connectivity index (χ0n) is 15.0. The number of rotatable bonds is 4. The SMILES string of the molecule is O=C(CNc1nnc(-c2cc3ccccc3cn2)o1)N1CCC2(CC1)CC2. The molecule has 1 aromatic carbocycles. The van der Waals surface area contributed by atoms with Crippen LogP contribution in [0.15, 0.2) is 40.9 Å². The Balaban J connectivity index is 1.22. The maximum absolute atomic E-state index is 12.4. The topological polar surface area (TPSA) is 84.2 Å². The Morgan fingerprint density at radius 1 is 1.11 bits per heavy atom. The van der Waals surface area contributed by atoms with Gasteiger partial charge >= 0.3 is 6.01 Å². The van der Waals surface area contributed by atoms with Gasteiger partial charge in [0.05, 0.1) is 6.54 Å². The number of piperidine rings is 1. The third-order valence-electron chi connectivity index (χ3n) is 5.80. The summed E-state index contributed by atoms with van der Waals surface area (Å²) in [6, 6.07) is 10.1. The van der Waals surface area contributed by atoms with E-state index in [1.54, 1.807) is 6.20 Å². The average Bonchev–Trinajstić information content (AvgIpc) is 3.29. The highest BCUT2D eigenvalue weighted by molar-refractivity contribution is 5.84. The van der Waals surface area contributed by atoms with Crippen LogP contribution in [-0.2, 0) is 4.79 Å². The summed E-state index contributed by atoms with van der Waals surface area (Å²) in [6.45, 7) is 1.88. The molecule has 138 valence electrons. The molecule has 0 radical (unpaired) electrons. The van der Waals surface area contributed by atoms with Crippen molar-refractivity contribution in [3.63, 3.8) is 0 Å². The predicted octanol–water partition coefficient (Wildman–Crippen LogP) is 3.10. The number of fused-ring (bicyclic) bond motifs is 1. The van der Waals surface area contributed by atoms with Crippen LogP contribution in [0, 0.1) is 5.41 Å². The molecular formula is C20H21N5O2. The molecule has 3 heterocycles. The largest absolute Gasteiger partial charge is 0.402 e. The van der Waals surface area contributed by atoms with Gasteiger partial charge in [-0.2, -0.15) is 0 Å². The fourth-order valence-corrected chi connectivity index (χ4v) is 3.77. The quantitative estimate of drug-likeness (QED) is 0.767. The van der Waals surface area contributed by atoms with E-state index in [0.717, 1.165) is 36.7 Å². The third kappa shape index (κ3) is 3.25. The van der Waals surface area contributed by atoms with Crippen LogP contribution in [0.1, 0.15) is 25.7 Å². The molecule has 0 unspecified atom stereocenters. The molecule has 7 heteroatoms. The molecule has 2 aliphatic rings. The molecule has 7 nitrogen and oxygen atoms in total. The van der Waals surface area contributed by atoms with Crippen LogP contribution in [0.5, 0.6) is 0 Å². The smallest absolute Gasteiger partial charge is 0.316 e. The molecule has 0 atom stereocenters. The van der Waals surface area contributed by atoms with Gasteiger partial charge in [0.2, 0.25) is 5.91 Å². The van der Waals surface area contributed by atoms with Crippen LogP contribution >= 0.6 is 0 Å². The van der Waals surface area contributed by atoms with Crippen molar-refractivity contribution >= 4 is 22.7 Å². The minimum absolute atomic E-state index is 0.0779. The monoisotopic (exact) mass is 363 g/mol. The highest BCUT2D eigenvalue weighted by Gasteiger charge is 2.44. The first kappa shape index (κ1) is 16.2. The summed E-state index contributed by atoms with van der Waals surface area (Å²) in [7, 11) is 0. The molecule has 2 fully saturated rings. The van der Waals surface area contributed by atoms with Crippen molar-refractivity contribution in [3.8, 4) is 11.6 Å². The molecule has 2 aromatic heterocycles. The normalized spacial score (nSPS) is 18.0. The Morgan fingerprint density at radius 3 is 2.67 bits per heavy atom. The lowest BCUT2D eigenvalue weighted by atomic mass is 9.94. The number of benzene rings is 1. The van der Waals surface area contributed by atoms with Gasteiger partial charge in [-0.1, -0.05) is 29.4 Å². The average molecular weight is 363 g/mol. The first-order valence-electron chi connectivity index (χ1n) is 9.41. The fraction of sp³-hybridized carbons (Fsp3) is 0.400. The Hall–Kier alpha value is -2.96. The number of aromatic nitrogens is 3. The molecule has 3 aromatic rings. The maximum atomic E-state index is 12.4. The molecule has 1 spiro atoms. The number of nitrogens with zero attached hydrogens (tertiary/aromatic N) is 4. The van der Waals surface area contributed by atoms with Crippen LogP contribution in [0.4, 0.5) is 6.01 Å². The van der Waals surface area contributed by atoms with E-state index in [0.29, 0.717) is 17.0 Å². The molecule has 0 bridgehead atoms. The molecular weight excluding hydrogens is 342 g/mol. The number of pyridine rings is 1. The minimum atomic E-state index is 0.0779. The van der Waals surface area contributed by atoms with Gasteiger partial charge in [-0.05, 0) is 42.6 Å². The van der Waals surface area contributed by atoms with E-state index in [1.807, 2.05) is 35.2 Å². The number of carbonyl (C=O) groups is 1. The van der Waals surface area contributed by atoms with Crippen molar-refractivity contribution in [1.82, 2.24) is 20.1 Å². The van der Waals surface area contributed by atoms with Gasteiger partial charge in [-0.15, -0.1) is 5.10 Å². The van der Waals surface area contributed by atoms with Gasteiger partial charge in [-0.3, -0.25) is 9.78 Å². The van der Waals surface area contributed by atoms with Gasteiger partial charge in [0.25, 0.3) is 5.89 Å². The lowest BCUT2D eigenvalue weighted by Gasteiger charge is -2.32. The zero-order valence-corrected chi connectivity index (χ0v) is 15.0. The molecule has 1 aliphatic heterocycles. The van der Waals surface area contributed by atoms with Crippen LogP contribution in [0.2, 0.25) is 0 Å². The van der Waals surface area contributed by atoms with Crippen LogP contribution in [-0.4, -0.2) is 45.6 Å². The maximum Gasteiger partial charge on any atom is 0.316 e.